The Hall–Kier alpha value is -3.27. The molecule has 2 amide bonds. The fourth-order valence-corrected chi connectivity index (χ4v) is 5.70. The minimum Gasteiger partial charge on any atom is -0.492 e. The molecule has 3 aromatic rings. The number of benzene rings is 3. The molecule has 0 aromatic heterocycles. The van der Waals surface area contributed by atoms with Crippen molar-refractivity contribution in [2.24, 2.45) is 0 Å². The Labute approximate surface area is 258 Å². The lowest BCUT2D eigenvalue weighted by Crippen LogP contribution is -2.56. The number of carbonyl (C=O) groups excluding carboxylic acids is 2. The lowest BCUT2D eigenvalue weighted by molar-refractivity contribution is -0.140. The zero-order valence-corrected chi connectivity index (χ0v) is 26.8. The van der Waals surface area contributed by atoms with Gasteiger partial charge in [0.15, 0.2) is 0 Å². The molecule has 0 aliphatic carbocycles. The van der Waals surface area contributed by atoms with Crippen LogP contribution in [0, 0.1) is 0 Å². The maximum absolute atomic E-state index is 14.3. The molecule has 42 heavy (non-hydrogen) atoms. The monoisotopic (exact) mass is 633 g/mol. The molecule has 0 heterocycles. The number of ether oxygens (including phenoxy) is 1. The van der Waals surface area contributed by atoms with Crippen LogP contribution < -0.4 is 14.4 Å². The normalized spacial score (nSPS) is 12.4. The Morgan fingerprint density at radius 1 is 0.976 bits per heavy atom. The molecule has 11 heteroatoms. The standard InChI is InChI=1S/C31H37Cl2N3O5S/c1-6-41-28-15-11-10-14-26(28)36(42(5,39)40)21-29(37)35(20-23-16-17-24(32)19-25(23)33)27(30(38)34-31(2,3)4)18-22-12-8-7-9-13-22/h7-17,19,27H,6,18,20-21H2,1-5H3,(H,34,38)/t27-/m0/s1. The van der Waals surface area contributed by atoms with Crippen LogP contribution in [-0.2, 0) is 32.6 Å². The van der Waals surface area contributed by atoms with Gasteiger partial charge in [0, 0.05) is 28.5 Å². The van der Waals surface area contributed by atoms with Gasteiger partial charge >= 0.3 is 0 Å². The third-order valence-electron chi connectivity index (χ3n) is 6.24. The van der Waals surface area contributed by atoms with Crippen molar-refractivity contribution in [1.29, 1.82) is 0 Å². The summed E-state index contributed by atoms with van der Waals surface area (Å²) < 4.78 is 32.8. The zero-order chi connectivity index (χ0) is 31.1. The van der Waals surface area contributed by atoms with Crippen molar-refractivity contribution in [2.75, 3.05) is 23.7 Å². The number of hydrogen-bond donors (Lipinski definition) is 1. The Morgan fingerprint density at radius 3 is 2.21 bits per heavy atom. The van der Waals surface area contributed by atoms with Gasteiger partial charge in [-0.05, 0) is 63.1 Å². The molecular weight excluding hydrogens is 597 g/mol. The highest BCUT2D eigenvalue weighted by atomic mass is 35.5. The molecule has 0 bridgehead atoms. The van der Waals surface area contributed by atoms with Gasteiger partial charge in [-0.2, -0.15) is 0 Å². The van der Waals surface area contributed by atoms with Gasteiger partial charge in [0.05, 0.1) is 18.6 Å². The van der Waals surface area contributed by atoms with Crippen molar-refractivity contribution < 1.29 is 22.7 Å². The minimum atomic E-state index is -3.95. The molecule has 1 N–H and O–H groups in total. The molecule has 0 saturated heterocycles. The highest BCUT2D eigenvalue weighted by molar-refractivity contribution is 7.92. The summed E-state index contributed by atoms with van der Waals surface area (Å²) in [5.74, 6) is -0.662. The Morgan fingerprint density at radius 2 is 1.62 bits per heavy atom. The number of sulfonamides is 1. The van der Waals surface area contributed by atoms with Gasteiger partial charge in [0.2, 0.25) is 21.8 Å². The SMILES string of the molecule is CCOc1ccccc1N(CC(=O)N(Cc1ccc(Cl)cc1Cl)[C@@H](Cc1ccccc1)C(=O)NC(C)(C)C)S(C)(=O)=O. The Balaban J connectivity index is 2.13. The van der Waals surface area contributed by atoms with Gasteiger partial charge in [-0.1, -0.05) is 71.7 Å². The van der Waals surface area contributed by atoms with Crippen LogP contribution in [0.5, 0.6) is 5.75 Å². The summed E-state index contributed by atoms with van der Waals surface area (Å²) in [4.78, 5) is 29.5. The number of nitrogens with one attached hydrogen (secondary N) is 1. The summed E-state index contributed by atoms with van der Waals surface area (Å²) in [6.45, 7) is 7.01. The quantitative estimate of drug-likeness (QED) is 0.275. The molecule has 3 aromatic carbocycles. The van der Waals surface area contributed by atoms with Crippen LogP contribution in [0.25, 0.3) is 0 Å². The third-order valence-corrected chi connectivity index (χ3v) is 7.95. The van der Waals surface area contributed by atoms with Gasteiger partial charge in [-0.25, -0.2) is 8.42 Å². The summed E-state index contributed by atoms with van der Waals surface area (Å²) in [6.07, 6.45) is 1.21. The van der Waals surface area contributed by atoms with Gasteiger partial charge in [0.25, 0.3) is 0 Å². The fraction of sp³-hybridized carbons (Fsp3) is 0.355. The maximum Gasteiger partial charge on any atom is 0.244 e. The van der Waals surface area contributed by atoms with E-state index in [9.17, 15) is 18.0 Å². The summed E-state index contributed by atoms with van der Waals surface area (Å²) in [6, 6.07) is 19.8. The molecule has 0 aliphatic heterocycles. The van der Waals surface area contributed by atoms with Crippen molar-refractivity contribution in [2.45, 2.75) is 52.2 Å². The highest BCUT2D eigenvalue weighted by Crippen LogP contribution is 2.31. The topological polar surface area (TPSA) is 96.0 Å². The second-order valence-electron chi connectivity index (χ2n) is 10.9. The van der Waals surface area contributed by atoms with E-state index in [1.54, 1.807) is 49.4 Å². The number of anilines is 1. The van der Waals surface area contributed by atoms with Gasteiger partial charge in [0.1, 0.15) is 18.3 Å². The first-order chi connectivity index (χ1) is 19.7. The van der Waals surface area contributed by atoms with Crippen LogP contribution in [0.4, 0.5) is 5.69 Å². The number of nitrogens with zero attached hydrogens (tertiary/aromatic N) is 2. The van der Waals surface area contributed by atoms with Gasteiger partial charge < -0.3 is 15.0 Å². The van der Waals surface area contributed by atoms with Gasteiger partial charge in [-0.15, -0.1) is 0 Å². The van der Waals surface area contributed by atoms with Crippen LogP contribution in [0.3, 0.4) is 0 Å². The minimum absolute atomic E-state index is 0.0609. The van der Waals surface area contributed by atoms with Crippen LogP contribution in [-0.4, -0.2) is 56.1 Å². The number of halogens is 2. The summed E-state index contributed by atoms with van der Waals surface area (Å²) in [5, 5.41) is 3.72. The van der Waals surface area contributed by atoms with E-state index in [1.165, 1.54) is 4.90 Å². The lowest BCUT2D eigenvalue weighted by atomic mass is 10.0. The summed E-state index contributed by atoms with van der Waals surface area (Å²) in [7, 11) is -3.95. The average molecular weight is 635 g/mol. The van der Waals surface area contributed by atoms with Crippen molar-refractivity contribution in [1.82, 2.24) is 10.2 Å². The molecule has 0 aliphatic rings. The van der Waals surface area contributed by atoms with Crippen LogP contribution in [0.2, 0.25) is 10.0 Å². The van der Waals surface area contributed by atoms with Gasteiger partial charge in [-0.3, -0.25) is 13.9 Å². The first-order valence-corrected chi connectivity index (χ1v) is 16.1. The van der Waals surface area contributed by atoms with Crippen molar-refractivity contribution >= 4 is 50.7 Å². The Bertz CT molecular complexity index is 1490. The van der Waals surface area contributed by atoms with E-state index >= 15 is 0 Å². The molecule has 3 rings (SSSR count). The number of rotatable bonds is 12. The molecule has 0 radical (unpaired) electrons. The molecule has 0 unspecified atom stereocenters. The smallest absolute Gasteiger partial charge is 0.244 e. The van der Waals surface area contributed by atoms with E-state index in [0.717, 1.165) is 16.1 Å². The highest BCUT2D eigenvalue weighted by Gasteiger charge is 2.35. The average Bonchev–Trinajstić information content (AvgIpc) is 2.90. The van der Waals surface area contributed by atoms with Crippen molar-refractivity contribution in [3.63, 3.8) is 0 Å². The first kappa shape index (κ1) is 33.2. The summed E-state index contributed by atoms with van der Waals surface area (Å²) >= 11 is 12.6. The number of carbonyl (C=O) groups is 2. The van der Waals surface area contributed by atoms with E-state index in [-0.39, 0.29) is 24.6 Å². The third kappa shape index (κ3) is 9.37. The predicted molar refractivity (Wildman–Crippen MR) is 169 cm³/mol. The molecule has 0 saturated carbocycles. The largest absolute Gasteiger partial charge is 0.492 e. The fourth-order valence-electron chi connectivity index (χ4n) is 4.38. The second kappa shape index (κ2) is 14.3. The van der Waals surface area contributed by atoms with Crippen molar-refractivity contribution in [3.8, 4) is 5.75 Å². The number of hydrogen-bond acceptors (Lipinski definition) is 5. The Kier molecular flexibility index (Phi) is 11.3. The second-order valence-corrected chi connectivity index (χ2v) is 13.6. The molecule has 8 nitrogen and oxygen atoms in total. The molecule has 1 atom stereocenters. The zero-order valence-electron chi connectivity index (χ0n) is 24.4. The van der Waals surface area contributed by atoms with Crippen LogP contribution >= 0.6 is 23.2 Å². The molecular formula is C31H37Cl2N3O5S. The van der Waals surface area contributed by atoms with Crippen LogP contribution in [0.1, 0.15) is 38.8 Å². The molecule has 0 fully saturated rings. The molecule has 226 valence electrons. The van der Waals surface area contributed by atoms with Crippen molar-refractivity contribution in [3.05, 3.63) is 94.0 Å². The van der Waals surface area contributed by atoms with E-state index in [0.29, 0.717) is 28.0 Å². The van der Waals surface area contributed by atoms with E-state index in [1.807, 2.05) is 51.1 Å². The van der Waals surface area contributed by atoms with E-state index in [2.05, 4.69) is 5.32 Å². The summed E-state index contributed by atoms with van der Waals surface area (Å²) in [5.41, 5.74) is 1.01. The predicted octanol–water partition coefficient (Wildman–Crippen LogP) is 5.71. The molecule has 0 spiro atoms. The van der Waals surface area contributed by atoms with E-state index < -0.39 is 34.1 Å². The lowest BCUT2D eigenvalue weighted by Gasteiger charge is -2.35. The van der Waals surface area contributed by atoms with E-state index in [4.69, 9.17) is 27.9 Å². The number of amides is 2. The van der Waals surface area contributed by atoms with Crippen LogP contribution in [0.15, 0.2) is 72.8 Å². The first-order valence-electron chi connectivity index (χ1n) is 13.5. The number of para-hydroxylation sites is 2. The maximum atomic E-state index is 14.3.